The van der Waals surface area contributed by atoms with Crippen LogP contribution in [0.1, 0.15) is 44.9 Å². The average Bonchev–Trinajstić information content (AvgIpc) is 3.10. The average molecular weight is 501 g/mol. The molecule has 3 unspecified atom stereocenters. The molecule has 0 aromatic heterocycles. The number of aliphatic carboxylic acids is 1. The fraction of sp³-hybridized carbons (Fsp3) is 0.800. The van der Waals surface area contributed by atoms with Gasteiger partial charge in [0.1, 0.15) is 11.6 Å². The first kappa shape index (κ1) is 24.6. The molecule has 5 aliphatic rings. The molecule has 0 amide bonds. The molecule has 0 aromatic carbocycles. The minimum atomic E-state index is -6.64. The third kappa shape index (κ3) is 3.51. The maximum atomic E-state index is 14.2. The van der Waals surface area contributed by atoms with Crippen LogP contribution in [-0.4, -0.2) is 60.0 Å². The Morgan fingerprint density at radius 3 is 2.06 bits per heavy atom. The van der Waals surface area contributed by atoms with Crippen LogP contribution in [0.4, 0.5) is 26.3 Å². The van der Waals surface area contributed by atoms with Crippen LogP contribution in [0.15, 0.2) is 0 Å². The summed E-state index contributed by atoms with van der Waals surface area (Å²) < 4.78 is 97.1. The summed E-state index contributed by atoms with van der Waals surface area (Å²) in [5.74, 6) is -28.3. The van der Waals surface area contributed by atoms with Crippen molar-refractivity contribution in [2.75, 3.05) is 6.61 Å². The number of cyclic esters (lactones) is 1. The smallest absolute Gasteiger partial charge is 0.411 e. The molecule has 14 heteroatoms. The first-order valence-corrected chi connectivity index (χ1v) is 10.5. The molecule has 4 saturated carbocycles. The summed E-state index contributed by atoms with van der Waals surface area (Å²) in [6.45, 7) is 0.0381. The molecule has 1 aliphatic heterocycles. The van der Waals surface area contributed by atoms with Gasteiger partial charge in [-0.3, -0.25) is 4.79 Å². The van der Waals surface area contributed by atoms with Crippen LogP contribution >= 0.6 is 0 Å². The molecule has 3 atom stereocenters. The van der Waals surface area contributed by atoms with Crippen LogP contribution in [0.5, 0.6) is 0 Å². The SMILES string of the molecule is O=C1OCCC1OC(=O)C12CC3CC(CC(OC(=O)C(F)(F)C(F)(F)C(F)(F)C(=O)[O-])(C3)C1)C2. The molecular formula is C20H19F6O8-. The normalized spacial score (nSPS) is 35.1. The van der Waals surface area contributed by atoms with Gasteiger partial charge in [0.05, 0.1) is 12.0 Å². The number of carboxylic acid groups (broad SMARTS) is 1. The third-order valence-electron chi connectivity index (χ3n) is 7.19. The second kappa shape index (κ2) is 7.48. The maximum absolute atomic E-state index is 14.2. The summed E-state index contributed by atoms with van der Waals surface area (Å²) in [5, 5.41) is 10.3. The summed E-state index contributed by atoms with van der Waals surface area (Å²) in [4.78, 5) is 47.0. The van der Waals surface area contributed by atoms with Crippen molar-refractivity contribution < 1.29 is 64.8 Å². The van der Waals surface area contributed by atoms with Crippen molar-refractivity contribution in [1.29, 1.82) is 0 Å². The van der Waals surface area contributed by atoms with Crippen LogP contribution in [0.25, 0.3) is 0 Å². The second-order valence-electron chi connectivity index (χ2n) is 9.67. The fourth-order valence-corrected chi connectivity index (χ4v) is 6.09. The molecule has 34 heavy (non-hydrogen) atoms. The van der Waals surface area contributed by atoms with E-state index in [-0.39, 0.29) is 50.5 Å². The van der Waals surface area contributed by atoms with E-state index in [9.17, 15) is 50.6 Å². The topological polar surface area (TPSA) is 119 Å². The van der Waals surface area contributed by atoms with Crippen molar-refractivity contribution >= 4 is 23.9 Å². The van der Waals surface area contributed by atoms with Gasteiger partial charge < -0.3 is 24.1 Å². The second-order valence-corrected chi connectivity index (χ2v) is 9.67. The Bertz CT molecular complexity index is 920. The number of alkyl halides is 6. The van der Waals surface area contributed by atoms with Gasteiger partial charge in [-0.15, -0.1) is 0 Å². The summed E-state index contributed by atoms with van der Waals surface area (Å²) >= 11 is 0. The van der Waals surface area contributed by atoms with E-state index < -0.39 is 65.2 Å². The van der Waals surface area contributed by atoms with Gasteiger partial charge in [-0.25, -0.2) is 9.59 Å². The first-order valence-electron chi connectivity index (χ1n) is 10.5. The third-order valence-corrected chi connectivity index (χ3v) is 7.19. The van der Waals surface area contributed by atoms with E-state index in [0.29, 0.717) is 6.42 Å². The molecule has 5 rings (SSSR count). The monoisotopic (exact) mass is 501 g/mol. The number of rotatable bonds is 7. The summed E-state index contributed by atoms with van der Waals surface area (Å²) in [5.41, 5.74) is -3.19. The Morgan fingerprint density at radius 1 is 0.971 bits per heavy atom. The fourth-order valence-electron chi connectivity index (χ4n) is 6.09. The molecule has 0 aromatic rings. The molecule has 4 bridgehead atoms. The van der Waals surface area contributed by atoms with Gasteiger partial charge in [0, 0.05) is 12.8 Å². The van der Waals surface area contributed by atoms with E-state index in [1.165, 1.54) is 0 Å². The van der Waals surface area contributed by atoms with Crippen molar-refractivity contribution in [3.63, 3.8) is 0 Å². The predicted octanol–water partition coefficient (Wildman–Crippen LogP) is 1.38. The number of esters is 3. The Hall–Kier alpha value is -2.54. The highest BCUT2D eigenvalue weighted by atomic mass is 19.3. The predicted molar refractivity (Wildman–Crippen MR) is 91.2 cm³/mol. The van der Waals surface area contributed by atoms with Gasteiger partial charge in [-0.05, 0) is 43.9 Å². The van der Waals surface area contributed by atoms with Gasteiger partial charge in [-0.1, -0.05) is 0 Å². The lowest BCUT2D eigenvalue weighted by Crippen LogP contribution is -2.66. The van der Waals surface area contributed by atoms with Gasteiger partial charge in [-0.2, -0.15) is 26.3 Å². The number of carbonyl (C=O) groups is 4. The minimum Gasteiger partial charge on any atom is -0.544 e. The van der Waals surface area contributed by atoms with Gasteiger partial charge in [0.2, 0.25) is 6.10 Å². The van der Waals surface area contributed by atoms with Crippen molar-refractivity contribution in [3.8, 4) is 0 Å². The number of ether oxygens (including phenoxy) is 3. The van der Waals surface area contributed by atoms with E-state index >= 15 is 0 Å². The van der Waals surface area contributed by atoms with E-state index in [4.69, 9.17) is 14.2 Å². The zero-order valence-electron chi connectivity index (χ0n) is 17.4. The van der Waals surface area contributed by atoms with Crippen LogP contribution < -0.4 is 5.11 Å². The van der Waals surface area contributed by atoms with Crippen molar-refractivity contribution in [2.45, 2.75) is 74.4 Å². The first-order chi connectivity index (χ1) is 15.6. The minimum absolute atomic E-state index is 0.0381. The highest BCUT2D eigenvalue weighted by Gasteiger charge is 2.77. The Kier molecular flexibility index (Phi) is 5.41. The summed E-state index contributed by atoms with van der Waals surface area (Å²) in [6.07, 6.45) is -0.608. The molecule has 1 saturated heterocycles. The lowest BCUT2D eigenvalue weighted by molar-refractivity contribution is -0.367. The van der Waals surface area contributed by atoms with Crippen molar-refractivity contribution in [1.82, 2.24) is 0 Å². The summed E-state index contributed by atoms with van der Waals surface area (Å²) in [6, 6.07) is 0. The standard InChI is InChI=1S/C20H20F6O8/c21-18(22,13(28)29)20(25,26)19(23,24)15(31)34-17-6-9-3-10(7-17)5-16(4-9,8-17)14(30)33-11-1-2-32-12(11)27/h9-11H,1-8H2,(H,28,29)/p-1. The molecule has 1 heterocycles. The van der Waals surface area contributed by atoms with Gasteiger partial charge in [0.15, 0.2) is 0 Å². The van der Waals surface area contributed by atoms with Crippen molar-refractivity contribution in [2.24, 2.45) is 17.3 Å². The van der Waals surface area contributed by atoms with Crippen LogP contribution in [0.3, 0.4) is 0 Å². The number of carboxylic acids is 1. The molecule has 8 nitrogen and oxygen atoms in total. The van der Waals surface area contributed by atoms with E-state index in [1.54, 1.807) is 0 Å². The number of hydrogen-bond acceptors (Lipinski definition) is 8. The molecule has 190 valence electrons. The molecular weight excluding hydrogens is 482 g/mol. The van der Waals surface area contributed by atoms with E-state index in [0.717, 1.165) is 0 Å². The molecule has 0 spiro atoms. The van der Waals surface area contributed by atoms with Crippen molar-refractivity contribution in [3.05, 3.63) is 0 Å². The molecule has 4 aliphatic carbocycles. The van der Waals surface area contributed by atoms with E-state index in [2.05, 4.69) is 0 Å². The van der Waals surface area contributed by atoms with Crippen LogP contribution in [0.2, 0.25) is 0 Å². The van der Waals surface area contributed by atoms with E-state index in [1.807, 2.05) is 0 Å². The molecule has 5 fully saturated rings. The van der Waals surface area contributed by atoms with Gasteiger partial charge >= 0.3 is 35.7 Å². The summed E-state index contributed by atoms with van der Waals surface area (Å²) in [7, 11) is 0. The van der Waals surface area contributed by atoms with Crippen LogP contribution in [-0.2, 0) is 33.4 Å². The zero-order chi connectivity index (χ0) is 25.3. The lowest BCUT2D eigenvalue weighted by atomic mass is 9.48. The number of carbonyl (C=O) groups excluding carboxylic acids is 4. The highest BCUT2D eigenvalue weighted by molar-refractivity contribution is 5.85. The maximum Gasteiger partial charge on any atom is 0.411 e. The van der Waals surface area contributed by atoms with Crippen LogP contribution in [0, 0.1) is 17.3 Å². The van der Waals surface area contributed by atoms with Gasteiger partial charge in [0.25, 0.3) is 0 Å². The number of halogens is 6. The quantitative estimate of drug-likeness (QED) is 0.292. The largest absolute Gasteiger partial charge is 0.544 e. The zero-order valence-corrected chi connectivity index (χ0v) is 17.4. The molecule has 0 N–H and O–H groups in total. The molecule has 0 radical (unpaired) electrons. The Balaban J connectivity index is 1.56. The number of hydrogen-bond donors (Lipinski definition) is 0. The lowest BCUT2D eigenvalue weighted by Gasteiger charge is -2.59. The highest BCUT2D eigenvalue weighted by Crippen LogP contribution is 2.63. The Labute approximate surface area is 187 Å². The Morgan fingerprint density at radius 2 is 1.56 bits per heavy atom.